The van der Waals surface area contributed by atoms with Gasteiger partial charge < -0.3 is 4.74 Å². The molecule has 0 spiro atoms. The van der Waals surface area contributed by atoms with Gasteiger partial charge in [0.1, 0.15) is 0 Å². The molecule has 1 amide bonds. The Kier molecular flexibility index (Phi) is 3.56. The van der Waals surface area contributed by atoms with Crippen LogP contribution in [0.25, 0.3) is 0 Å². The molecule has 0 heterocycles. The lowest BCUT2D eigenvalue weighted by molar-refractivity contribution is 0.171. The van der Waals surface area contributed by atoms with E-state index < -0.39 is 6.09 Å². The summed E-state index contributed by atoms with van der Waals surface area (Å²) in [6.07, 6.45) is 0.903. The molecule has 0 bridgehead atoms. The van der Waals surface area contributed by atoms with Gasteiger partial charge >= 0.3 is 6.09 Å². The van der Waals surface area contributed by atoms with Crippen molar-refractivity contribution in [3.8, 4) is 0 Å². The number of carbonyl (C=O) groups is 1. The Bertz CT molecular complexity index is 100. The normalized spacial score (nSPS) is 9.25. The van der Waals surface area contributed by atoms with Crippen LogP contribution < -0.4 is 5.43 Å². The number of nitrogens with one attached hydrogen (secondary N) is 1. The fraction of sp³-hybridized carbons (Fsp3) is 0.500. The van der Waals surface area contributed by atoms with Crippen molar-refractivity contribution >= 4 is 12.3 Å². The van der Waals surface area contributed by atoms with Crippen molar-refractivity contribution in [2.45, 2.75) is 6.92 Å². The average Bonchev–Trinajstić information content (AvgIpc) is 1.83. The van der Waals surface area contributed by atoms with Gasteiger partial charge in [-0.2, -0.15) is 5.10 Å². The minimum Gasteiger partial charge on any atom is -0.452 e. The van der Waals surface area contributed by atoms with Gasteiger partial charge in [0.05, 0.1) is 7.11 Å². The smallest absolute Gasteiger partial charge is 0.427 e. The van der Waals surface area contributed by atoms with Crippen LogP contribution in [0.3, 0.4) is 0 Å². The summed E-state index contributed by atoms with van der Waals surface area (Å²) < 4.78 is 4.19. The highest BCUT2D eigenvalue weighted by Gasteiger charge is 1.89. The van der Waals surface area contributed by atoms with E-state index in [1.54, 1.807) is 6.92 Å². The van der Waals surface area contributed by atoms with Crippen molar-refractivity contribution in [2.75, 3.05) is 7.11 Å². The summed E-state index contributed by atoms with van der Waals surface area (Å²) in [6.45, 7) is 1.69. The zero-order valence-electron chi connectivity index (χ0n) is 4.84. The highest BCUT2D eigenvalue weighted by Crippen LogP contribution is 1.67. The first kappa shape index (κ1) is 6.94. The molecular weight excluding hydrogens is 108 g/mol. The molecule has 0 atom stereocenters. The zero-order chi connectivity index (χ0) is 6.41. The van der Waals surface area contributed by atoms with Crippen molar-refractivity contribution in [3.63, 3.8) is 0 Å². The predicted octanol–water partition coefficient (Wildman–Crippen LogP) is 0.348. The topological polar surface area (TPSA) is 50.7 Å². The molecule has 0 rings (SSSR count). The number of nitrogens with zero attached hydrogens (tertiary/aromatic N) is 1. The third kappa shape index (κ3) is 3.14. The molecule has 0 saturated carbocycles. The maximum Gasteiger partial charge on any atom is 0.427 e. The number of carbonyl (C=O) groups excluding carboxylic acids is 1. The molecule has 0 radical (unpaired) electrons. The van der Waals surface area contributed by atoms with Gasteiger partial charge in [0.2, 0.25) is 0 Å². The van der Waals surface area contributed by atoms with Gasteiger partial charge in [0.25, 0.3) is 0 Å². The summed E-state index contributed by atoms with van der Waals surface area (Å²) in [6, 6.07) is 0. The molecule has 0 fully saturated rings. The van der Waals surface area contributed by atoms with E-state index in [1.807, 2.05) is 0 Å². The van der Waals surface area contributed by atoms with Gasteiger partial charge in [-0.05, 0) is 6.92 Å². The Balaban J connectivity index is 3.25. The van der Waals surface area contributed by atoms with Crippen LogP contribution in [0.4, 0.5) is 4.79 Å². The maximum atomic E-state index is 10.1. The monoisotopic (exact) mass is 116 g/mol. The van der Waals surface area contributed by atoms with E-state index in [1.165, 1.54) is 13.3 Å². The van der Waals surface area contributed by atoms with E-state index in [-0.39, 0.29) is 0 Å². The van der Waals surface area contributed by atoms with Crippen molar-refractivity contribution in [1.29, 1.82) is 0 Å². The summed E-state index contributed by atoms with van der Waals surface area (Å²) >= 11 is 0. The highest BCUT2D eigenvalue weighted by molar-refractivity contribution is 5.68. The van der Waals surface area contributed by atoms with Crippen molar-refractivity contribution in [2.24, 2.45) is 5.10 Å². The third-order valence-corrected chi connectivity index (χ3v) is 0.470. The zero-order valence-corrected chi connectivity index (χ0v) is 4.84. The maximum absolute atomic E-state index is 10.1. The van der Waals surface area contributed by atoms with E-state index in [4.69, 9.17) is 0 Å². The van der Waals surface area contributed by atoms with Crippen molar-refractivity contribution in [1.82, 2.24) is 5.43 Å². The molecule has 0 saturated heterocycles. The summed E-state index contributed by atoms with van der Waals surface area (Å²) in [7, 11) is 1.28. The van der Waals surface area contributed by atoms with Gasteiger partial charge in [0.15, 0.2) is 0 Å². The summed E-state index contributed by atoms with van der Waals surface area (Å²) in [5, 5.41) is 3.39. The van der Waals surface area contributed by atoms with Crippen LogP contribution in [0.1, 0.15) is 6.92 Å². The van der Waals surface area contributed by atoms with E-state index in [0.29, 0.717) is 0 Å². The number of hydrazone groups is 1. The van der Waals surface area contributed by atoms with Crippen LogP contribution in [-0.4, -0.2) is 19.4 Å². The largest absolute Gasteiger partial charge is 0.452 e. The third-order valence-electron chi connectivity index (χ3n) is 0.470. The molecule has 0 aromatic rings. The molecule has 0 aromatic carbocycles. The lowest BCUT2D eigenvalue weighted by Crippen LogP contribution is -2.16. The molecule has 8 heavy (non-hydrogen) atoms. The van der Waals surface area contributed by atoms with Gasteiger partial charge in [-0.3, -0.25) is 0 Å². The summed E-state index contributed by atoms with van der Waals surface area (Å²) in [5.41, 5.74) is 2.09. The molecule has 0 aromatic heterocycles. The van der Waals surface area contributed by atoms with Crippen molar-refractivity contribution < 1.29 is 9.53 Å². The molecule has 1 N–H and O–H groups in total. The molecule has 0 aliphatic carbocycles. The molecular formula is C4H8N2O2. The first-order valence-corrected chi connectivity index (χ1v) is 2.13. The van der Waals surface area contributed by atoms with Crippen LogP contribution >= 0.6 is 0 Å². The van der Waals surface area contributed by atoms with Gasteiger partial charge in [-0.15, -0.1) is 0 Å². The molecule has 4 nitrogen and oxygen atoms in total. The first-order chi connectivity index (χ1) is 3.81. The fourth-order valence-electron chi connectivity index (χ4n) is 0.163. The standard InChI is InChI=1S/C4H8N2O2/c1-3-5-6-4(7)8-2/h3H,1-2H3,(H,6,7). The number of ether oxygens (including phenoxy) is 1. The van der Waals surface area contributed by atoms with Crippen LogP contribution in [0, 0.1) is 0 Å². The van der Waals surface area contributed by atoms with Gasteiger partial charge in [-0.1, -0.05) is 0 Å². The Morgan fingerprint density at radius 3 is 2.88 bits per heavy atom. The number of methoxy groups -OCH3 is 1. The Morgan fingerprint density at radius 1 is 1.88 bits per heavy atom. The minimum atomic E-state index is -0.553. The van der Waals surface area contributed by atoms with E-state index in [9.17, 15) is 4.79 Å². The number of amides is 1. The molecule has 46 valence electrons. The second kappa shape index (κ2) is 4.11. The predicted molar refractivity (Wildman–Crippen MR) is 29.7 cm³/mol. The lowest BCUT2D eigenvalue weighted by Gasteiger charge is -1.92. The summed E-state index contributed by atoms with van der Waals surface area (Å²) in [4.78, 5) is 10.1. The van der Waals surface area contributed by atoms with E-state index in [2.05, 4.69) is 15.3 Å². The first-order valence-electron chi connectivity index (χ1n) is 2.13. The van der Waals surface area contributed by atoms with Crippen LogP contribution in [0.15, 0.2) is 5.10 Å². The number of rotatable bonds is 1. The van der Waals surface area contributed by atoms with Gasteiger partial charge in [-0.25, -0.2) is 10.2 Å². The number of hydrogen-bond acceptors (Lipinski definition) is 3. The SMILES string of the molecule is CC=NNC(=O)OC. The molecule has 0 aliphatic rings. The van der Waals surface area contributed by atoms with E-state index >= 15 is 0 Å². The van der Waals surface area contributed by atoms with Gasteiger partial charge in [0, 0.05) is 6.21 Å². The van der Waals surface area contributed by atoms with E-state index in [0.717, 1.165) is 0 Å². The van der Waals surface area contributed by atoms with Crippen LogP contribution in [0.2, 0.25) is 0 Å². The Hall–Kier alpha value is -1.06. The van der Waals surface area contributed by atoms with Crippen molar-refractivity contribution in [3.05, 3.63) is 0 Å². The quantitative estimate of drug-likeness (QED) is 0.397. The highest BCUT2D eigenvalue weighted by atomic mass is 16.5. The molecule has 0 unspecified atom stereocenters. The minimum absolute atomic E-state index is 0.553. The lowest BCUT2D eigenvalue weighted by atomic mass is 10.9. The second-order valence-corrected chi connectivity index (χ2v) is 0.991. The van der Waals surface area contributed by atoms with Crippen LogP contribution in [-0.2, 0) is 4.74 Å². The molecule has 0 aliphatic heterocycles. The molecule has 4 heteroatoms. The summed E-state index contributed by atoms with van der Waals surface area (Å²) in [5.74, 6) is 0. The second-order valence-electron chi connectivity index (χ2n) is 0.991. The average molecular weight is 116 g/mol. The Labute approximate surface area is 47.5 Å². The number of hydrogen-bond donors (Lipinski definition) is 1. The fourth-order valence-corrected chi connectivity index (χ4v) is 0.163. The van der Waals surface area contributed by atoms with Crippen LogP contribution in [0.5, 0.6) is 0 Å². The Morgan fingerprint density at radius 2 is 2.50 bits per heavy atom.